The molecule has 1 saturated carbocycles. The molecule has 1 aliphatic carbocycles. The predicted octanol–water partition coefficient (Wildman–Crippen LogP) is 4.55. The zero-order valence-corrected chi connectivity index (χ0v) is 36.6. The van der Waals surface area contributed by atoms with Crippen molar-refractivity contribution in [3.8, 4) is 22.7 Å². The average Bonchev–Trinajstić information content (AvgIpc) is 3.66. The molecule has 0 spiro atoms. The molecule has 4 aliphatic heterocycles. The van der Waals surface area contributed by atoms with Gasteiger partial charge in [-0.2, -0.15) is 5.10 Å². The zero-order chi connectivity index (χ0) is 46.1. The van der Waals surface area contributed by atoms with E-state index in [2.05, 4.69) is 41.4 Å². The Morgan fingerprint density at radius 1 is 0.896 bits per heavy atom. The maximum absolute atomic E-state index is 16.1. The Labute approximate surface area is 383 Å². The van der Waals surface area contributed by atoms with Crippen LogP contribution in [0.3, 0.4) is 0 Å². The smallest absolute Gasteiger partial charge is 0.255 e. The lowest BCUT2D eigenvalue weighted by Gasteiger charge is -2.37. The van der Waals surface area contributed by atoms with Gasteiger partial charge in [-0.15, -0.1) is 0 Å². The highest BCUT2D eigenvalue weighted by Gasteiger charge is 2.56. The largest absolute Gasteiger partial charge is 0.496 e. The average molecular weight is 908 g/mol. The predicted molar refractivity (Wildman–Crippen MR) is 244 cm³/mol. The Hall–Kier alpha value is -7.47. The Bertz CT molecular complexity index is 2980. The molecule has 4 atom stereocenters. The minimum absolute atomic E-state index is 0.0974. The van der Waals surface area contributed by atoms with Crippen LogP contribution in [-0.4, -0.2) is 112 Å². The van der Waals surface area contributed by atoms with Crippen molar-refractivity contribution < 1.29 is 32.7 Å². The van der Waals surface area contributed by atoms with Crippen LogP contribution >= 0.6 is 0 Å². The van der Waals surface area contributed by atoms with Crippen LogP contribution in [-0.2, 0) is 22.7 Å². The van der Waals surface area contributed by atoms with Crippen molar-refractivity contribution in [1.29, 1.82) is 0 Å². The molecule has 0 bridgehead atoms. The lowest BCUT2D eigenvalue weighted by Crippen LogP contribution is -2.52. The van der Waals surface area contributed by atoms with Crippen LogP contribution in [0.4, 0.5) is 26.0 Å². The third kappa shape index (κ3) is 7.73. The lowest BCUT2D eigenvalue weighted by atomic mass is 10.0. The van der Waals surface area contributed by atoms with Gasteiger partial charge in [0, 0.05) is 88.2 Å². The molecular weight excluding hydrogens is 861 g/mol. The van der Waals surface area contributed by atoms with Gasteiger partial charge < -0.3 is 30.5 Å². The number of nitrogens with two attached hydrogens (primary N) is 1. The molecule has 67 heavy (non-hydrogen) atoms. The van der Waals surface area contributed by atoms with Gasteiger partial charge in [0.05, 0.1) is 29.4 Å². The van der Waals surface area contributed by atoms with Gasteiger partial charge in [-0.1, -0.05) is 24.3 Å². The number of anilines is 3. The van der Waals surface area contributed by atoms with E-state index in [1.54, 1.807) is 9.58 Å². The number of nitrogens with zero attached hydrogens (tertiary/aromatic N) is 8. The van der Waals surface area contributed by atoms with Gasteiger partial charge in [0.25, 0.3) is 11.8 Å². The van der Waals surface area contributed by atoms with Crippen molar-refractivity contribution in [3.63, 3.8) is 0 Å². The first-order valence-corrected chi connectivity index (χ1v) is 22.5. The minimum atomic E-state index is -0.628. The van der Waals surface area contributed by atoms with E-state index in [9.17, 15) is 23.6 Å². The number of imide groups is 1. The molecule has 4 aromatic carbocycles. The van der Waals surface area contributed by atoms with Crippen molar-refractivity contribution in [2.24, 2.45) is 17.8 Å². The summed E-state index contributed by atoms with van der Waals surface area (Å²) in [4.78, 5) is 67.5. The van der Waals surface area contributed by atoms with Crippen LogP contribution in [0, 0.1) is 29.4 Å². The van der Waals surface area contributed by atoms with E-state index < -0.39 is 23.7 Å². The third-order valence-corrected chi connectivity index (χ3v) is 14.2. The first kappa shape index (κ1) is 42.2. The van der Waals surface area contributed by atoms with Gasteiger partial charge >= 0.3 is 0 Å². The summed E-state index contributed by atoms with van der Waals surface area (Å²) >= 11 is 0. The van der Waals surface area contributed by atoms with E-state index in [0.29, 0.717) is 64.4 Å². The molecule has 6 aromatic rings. The van der Waals surface area contributed by atoms with Gasteiger partial charge in [0.1, 0.15) is 41.3 Å². The Balaban J connectivity index is 0.698. The van der Waals surface area contributed by atoms with Crippen molar-refractivity contribution in [2.45, 2.75) is 32.0 Å². The highest BCUT2D eigenvalue weighted by Crippen LogP contribution is 2.53. The summed E-state index contributed by atoms with van der Waals surface area (Å²) in [5, 5.41) is 10.6. The summed E-state index contributed by atoms with van der Waals surface area (Å²) in [7, 11) is 1.42. The SMILES string of the molecule is COc1ccc(F)cc1C(=O)NCc1ccc(-c2nn(-c3ccc(N4C[C@@H]5[C@H](CN6CCN(c7ccc8c(c7)CN([C@H]7CCC(=O)NC7=O)C8=O)CC6)[C@@H]5C4)c(F)c3)c3ncnc(N)c23)cc1. The number of halogens is 2. The number of hydrogen-bond acceptors (Lipinski definition) is 12. The molecule has 5 aliphatic rings. The summed E-state index contributed by atoms with van der Waals surface area (Å²) in [6, 6.07) is 21.6. The van der Waals surface area contributed by atoms with Crippen molar-refractivity contribution in [2.75, 3.05) is 68.5 Å². The number of fused-ring (bicyclic) bond motifs is 3. The van der Waals surface area contributed by atoms with Gasteiger partial charge in [0.15, 0.2) is 5.65 Å². The van der Waals surface area contributed by atoms with Gasteiger partial charge in [-0.3, -0.25) is 29.4 Å². The fourth-order valence-corrected chi connectivity index (χ4v) is 10.5. The topological polar surface area (TPSA) is 184 Å². The number of benzene rings is 4. The summed E-state index contributed by atoms with van der Waals surface area (Å²) in [5.41, 5.74) is 12.6. The molecule has 2 aromatic heterocycles. The zero-order valence-electron chi connectivity index (χ0n) is 36.6. The highest BCUT2D eigenvalue weighted by atomic mass is 19.1. The lowest BCUT2D eigenvalue weighted by molar-refractivity contribution is -0.136. The maximum atomic E-state index is 16.1. The van der Waals surface area contributed by atoms with E-state index in [1.807, 2.05) is 48.5 Å². The second-order valence-corrected chi connectivity index (χ2v) is 18.0. The molecule has 11 rings (SSSR count). The Morgan fingerprint density at radius 2 is 1.67 bits per heavy atom. The number of piperidine rings is 2. The molecule has 3 saturated heterocycles. The minimum Gasteiger partial charge on any atom is -0.496 e. The number of nitrogen functional groups attached to an aromatic ring is 1. The Morgan fingerprint density at radius 3 is 2.42 bits per heavy atom. The standard InChI is InChI=1S/C49H47F2N11O5/c1-67-41-12-6-30(50)19-34(41)47(64)53-21-27-2-4-28(5-3-27)44-43-45(52)54-26-55-46(43)62(57-44)32-8-10-39(38(51)20-32)60-24-36-35(37(36)25-60)23-58-14-16-59(17-15-58)31-7-9-33-29(18-31)22-61(49(33)66)40-11-13-42(63)56-48(40)65/h2-10,12,18-20,26,35-37,40H,11,13-17,21-25H2,1H3,(H,53,64)(H2,52,54,55)(H,56,63,65)/t35-,36+,37-,40-/m0/s1. The van der Waals surface area contributed by atoms with Crippen molar-refractivity contribution in [1.82, 2.24) is 40.2 Å². The molecule has 0 unspecified atom stereocenters. The molecule has 4 amide bonds. The van der Waals surface area contributed by atoms with Crippen LogP contribution in [0.1, 0.15) is 44.7 Å². The van der Waals surface area contributed by atoms with Gasteiger partial charge in [-0.25, -0.2) is 23.4 Å². The van der Waals surface area contributed by atoms with E-state index in [1.165, 1.54) is 31.6 Å². The number of ether oxygens (including phenoxy) is 1. The number of piperazine rings is 1. The number of aromatic nitrogens is 4. The number of carbonyl (C=O) groups is 4. The van der Waals surface area contributed by atoms with E-state index in [-0.39, 0.29) is 47.7 Å². The van der Waals surface area contributed by atoms with E-state index >= 15 is 4.39 Å². The molecule has 16 nitrogen and oxygen atoms in total. The molecule has 6 heterocycles. The van der Waals surface area contributed by atoms with Crippen LogP contribution in [0.5, 0.6) is 5.75 Å². The number of carbonyl (C=O) groups excluding carboxylic acids is 4. The first-order valence-electron chi connectivity index (χ1n) is 22.5. The van der Waals surface area contributed by atoms with Crippen LogP contribution < -0.4 is 30.9 Å². The van der Waals surface area contributed by atoms with E-state index in [4.69, 9.17) is 15.6 Å². The quantitative estimate of drug-likeness (QED) is 0.155. The number of methoxy groups -OCH3 is 1. The summed E-state index contributed by atoms with van der Waals surface area (Å²) in [6.07, 6.45) is 1.93. The number of nitrogens with one attached hydrogen (secondary N) is 2. The maximum Gasteiger partial charge on any atom is 0.255 e. The second kappa shape index (κ2) is 16.8. The van der Waals surface area contributed by atoms with Gasteiger partial charge in [-0.05, 0) is 83.8 Å². The Kier molecular flexibility index (Phi) is 10.5. The summed E-state index contributed by atoms with van der Waals surface area (Å²) in [6.45, 7) is 6.74. The van der Waals surface area contributed by atoms with E-state index in [0.717, 1.165) is 74.3 Å². The fourth-order valence-electron chi connectivity index (χ4n) is 10.5. The highest BCUT2D eigenvalue weighted by molar-refractivity contribution is 6.05. The molecule has 0 radical (unpaired) electrons. The molecular formula is C49H47F2N11O5. The second-order valence-electron chi connectivity index (χ2n) is 18.0. The first-order chi connectivity index (χ1) is 32.5. The fraction of sp³-hybridized carbons (Fsp3) is 0.327. The third-order valence-electron chi connectivity index (χ3n) is 14.2. The van der Waals surface area contributed by atoms with Crippen LogP contribution in [0.25, 0.3) is 28.0 Å². The summed E-state index contributed by atoms with van der Waals surface area (Å²) in [5.74, 6) is -0.127. The van der Waals surface area contributed by atoms with Crippen LogP contribution in [0.2, 0.25) is 0 Å². The van der Waals surface area contributed by atoms with Crippen LogP contribution in [0.15, 0.2) is 85.2 Å². The molecule has 4 N–H and O–H groups in total. The monoisotopic (exact) mass is 907 g/mol. The van der Waals surface area contributed by atoms with Crippen molar-refractivity contribution in [3.05, 3.63) is 119 Å². The van der Waals surface area contributed by atoms with Gasteiger partial charge in [0.2, 0.25) is 11.8 Å². The summed E-state index contributed by atoms with van der Waals surface area (Å²) < 4.78 is 36.8. The molecule has 4 fully saturated rings. The normalized spacial score (nSPS) is 21.4. The molecule has 342 valence electrons. The molecule has 18 heteroatoms. The van der Waals surface area contributed by atoms with Crippen molar-refractivity contribution >= 4 is 51.9 Å². The number of rotatable bonds is 11. The number of hydrogen-bond donors (Lipinski definition) is 3. The number of amides is 4.